The summed E-state index contributed by atoms with van der Waals surface area (Å²) in [5, 5.41) is 5.52. The maximum atomic E-state index is 13.6. The Labute approximate surface area is 166 Å². The summed E-state index contributed by atoms with van der Waals surface area (Å²) in [5.41, 5.74) is 2.29. The second kappa shape index (κ2) is 7.63. The average Bonchev–Trinajstić information content (AvgIpc) is 3.12. The zero-order chi connectivity index (χ0) is 20.4. The normalized spacial score (nSPS) is 10.7. The molecule has 0 saturated heterocycles. The van der Waals surface area contributed by atoms with E-state index in [9.17, 15) is 9.18 Å². The number of hydrogen-bond donors (Lipinski definition) is 3. The van der Waals surface area contributed by atoms with Crippen LogP contribution in [0.25, 0.3) is 11.0 Å². The van der Waals surface area contributed by atoms with Gasteiger partial charge in [0, 0.05) is 31.1 Å². The minimum atomic E-state index is -0.504. The van der Waals surface area contributed by atoms with Crippen LogP contribution in [0.4, 0.5) is 16.0 Å². The fourth-order valence-electron chi connectivity index (χ4n) is 2.72. The van der Waals surface area contributed by atoms with E-state index in [2.05, 4.69) is 25.6 Å². The fourth-order valence-corrected chi connectivity index (χ4v) is 2.72. The number of imidazole rings is 1. The highest BCUT2D eigenvalue weighted by Gasteiger charge is 2.09. The van der Waals surface area contributed by atoms with Gasteiger partial charge in [0.25, 0.3) is 5.91 Å². The summed E-state index contributed by atoms with van der Waals surface area (Å²) in [7, 11) is 7.03. The van der Waals surface area contributed by atoms with Crippen LogP contribution in [-0.4, -0.2) is 35.8 Å². The van der Waals surface area contributed by atoms with Crippen molar-refractivity contribution >= 4 is 41.9 Å². The summed E-state index contributed by atoms with van der Waals surface area (Å²) in [5.74, 6) is 0.685. The van der Waals surface area contributed by atoms with E-state index >= 15 is 0 Å². The van der Waals surface area contributed by atoms with Crippen molar-refractivity contribution in [1.29, 1.82) is 0 Å². The van der Waals surface area contributed by atoms with Crippen LogP contribution >= 0.6 is 0 Å². The molecule has 0 saturated carbocycles. The molecule has 0 fully saturated rings. The highest BCUT2D eigenvalue weighted by molar-refractivity contribution is 6.32. The topological polar surface area (TPSA) is 91.9 Å². The summed E-state index contributed by atoms with van der Waals surface area (Å²) in [6.07, 6.45) is 1.50. The minimum absolute atomic E-state index is 0.0811. The number of anilines is 2. The molecule has 142 valence electrons. The number of halogens is 1. The third-order valence-electron chi connectivity index (χ3n) is 4.14. The molecule has 0 aliphatic heterocycles. The molecule has 29 heavy (non-hydrogen) atoms. The van der Waals surface area contributed by atoms with Gasteiger partial charge in [0.1, 0.15) is 30.9 Å². The molecule has 9 heteroatoms. The van der Waals surface area contributed by atoms with Gasteiger partial charge in [-0.25, -0.2) is 9.37 Å². The Hall–Kier alpha value is -3.88. The van der Waals surface area contributed by atoms with E-state index in [1.54, 1.807) is 36.4 Å². The number of carbonyl (C=O) groups excluding carboxylic acids is 1. The first-order chi connectivity index (χ1) is 14.0. The molecule has 0 bridgehead atoms. The van der Waals surface area contributed by atoms with Crippen molar-refractivity contribution in [1.82, 2.24) is 20.3 Å². The first kappa shape index (κ1) is 18.5. The fraction of sp³-hybridized carbons (Fsp3) is 0.0500. The first-order valence-electron chi connectivity index (χ1n) is 8.69. The zero-order valence-corrected chi connectivity index (χ0v) is 15.4. The maximum absolute atomic E-state index is 13.6. The largest absolute Gasteiger partial charge is 0.457 e. The number of hydrogen-bond acceptors (Lipinski definition) is 5. The van der Waals surface area contributed by atoms with Gasteiger partial charge in [0.2, 0.25) is 5.95 Å². The van der Waals surface area contributed by atoms with E-state index in [-0.39, 0.29) is 17.1 Å². The monoisotopic (exact) mass is 387 g/mol. The number of aromatic nitrogens is 3. The molecule has 4 aromatic rings. The lowest BCUT2D eigenvalue weighted by Crippen LogP contribution is -2.18. The van der Waals surface area contributed by atoms with Gasteiger partial charge in [-0.2, -0.15) is 0 Å². The number of carbonyl (C=O) groups is 1. The summed E-state index contributed by atoms with van der Waals surface area (Å²) in [6, 6.07) is 13.0. The number of aromatic amines is 1. The third kappa shape index (κ3) is 4.03. The number of ether oxygens (including phenoxy) is 1. The van der Waals surface area contributed by atoms with Gasteiger partial charge in [-0.15, -0.1) is 0 Å². The summed E-state index contributed by atoms with van der Waals surface area (Å²) < 4.78 is 19.4. The first-order valence-corrected chi connectivity index (χ1v) is 8.69. The van der Waals surface area contributed by atoms with Crippen molar-refractivity contribution in [3.63, 3.8) is 0 Å². The molecule has 7 nitrogen and oxygen atoms in total. The number of nitrogens with zero attached hydrogens (tertiary/aromatic N) is 2. The number of benzene rings is 2. The smallest absolute Gasteiger partial charge is 0.269 e. The van der Waals surface area contributed by atoms with Crippen molar-refractivity contribution in [3.8, 4) is 11.5 Å². The predicted octanol–water partition coefficient (Wildman–Crippen LogP) is 2.79. The van der Waals surface area contributed by atoms with Gasteiger partial charge in [-0.1, -0.05) is 11.5 Å². The number of pyridine rings is 1. The van der Waals surface area contributed by atoms with Crippen LogP contribution < -0.4 is 20.8 Å². The van der Waals surface area contributed by atoms with Crippen molar-refractivity contribution in [2.75, 3.05) is 12.4 Å². The van der Waals surface area contributed by atoms with Gasteiger partial charge < -0.3 is 20.4 Å². The quantitative estimate of drug-likeness (QED) is 0.458. The van der Waals surface area contributed by atoms with Gasteiger partial charge in [-0.05, 0) is 30.3 Å². The number of nitrogens with one attached hydrogen (secondary N) is 3. The molecule has 1 amide bonds. The summed E-state index contributed by atoms with van der Waals surface area (Å²) in [6.45, 7) is 0. The van der Waals surface area contributed by atoms with E-state index < -0.39 is 5.82 Å². The molecule has 3 N–H and O–H groups in total. The Morgan fingerprint density at radius 2 is 1.97 bits per heavy atom. The third-order valence-corrected chi connectivity index (χ3v) is 4.14. The van der Waals surface area contributed by atoms with Crippen LogP contribution in [0.2, 0.25) is 0 Å². The summed E-state index contributed by atoms with van der Waals surface area (Å²) >= 11 is 0. The number of rotatable bonds is 5. The lowest BCUT2D eigenvalue weighted by Gasteiger charge is -2.06. The van der Waals surface area contributed by atoms with Crippen molar-refractivity contribution < 1.29 is 13.9 Å². The highest BCUT2D eigenvalue weighted by Crippen LogP contribution is 2.26. The Morgan fingerprint density at radius 3 is 2.76 bits per heavy atom. The SMILES string of the molecule is [B]c1ccc(Nc2nc3ccc(Oc4ccnc(C(=O)NC)c4)cc3[nH]2)cc1F. The molecule has 2 aromatic heterocycles. The van der Waals surface area contributed by atoms with Gasteiger partial charge in [-0.3, -0.25) is 9.78 Å². The second-order valence-corrected chi connectivity index (χ2v) is 6.18. The Morgan fingerprint density at radius 1 is 1.14 bits per heavy atom. The molecule has 2 aromatic carbocycles. The van der Waals surface area contributed by atoms with E-state index in [0.717, 1.165) is 5.52 Å². The van der Waals surface area contributed by atoms with Crippen molar-refractivity contribution in [3.05, 3.63) is 66.2 Å². The molecule has 0 aliphatic carbocycles. The van der Waals surface area contributed by atoms with Crippen LogP contribution in [0.5, 0.6) is 11.5 Å². The van der Waals surface area contributed by atoms with Gasteiger partial charge in [0.15, 0.2) is 0 Å². The van der Waals surface area contributed by atoms with Crippen LogP contribution in [-0.2, 0) is 0 Å². The van der Waals surface area contributed by atoms with Crippen LogP contribution in [0, 0.1) is 5.82 Å². The highest BCUT2D eigenvalue weighted by atomic mass is 19.1. The van der Waals surface area contributed by atoms with E-state index in [0.29, 0.717) is 28.7 Å². The van der Waals surface area contributed by atoms with E-state index in [1.165, 1.54) is 25.4 Å². The van der Waals surface area contributed by atoms with Crippen LogP contribution in [0.3, 0.4) is 0 Å². The standard InChI is InChI=1S/C20H15BFN5O2/c1-23-19(28)18-10-13(6-7-24-18)29-12-3-5-16-17(9-12)27-20(26-16)25-11-2-4-14(21)15(22)8-11/h2-10H,1H3,(H,23,28)(H2,25,26,27). The minimum Gasteiger partial charge on any atom is -0.457 e. The molecular weight excluding hydrogens is 372 g/mol. The number of fused-ring (bicyclic) bond motifs is 1. The van der Waals surface area contributed by atoms with E-state index in [4.69, 9.17) is 12.6 Å². The molecule has 0 spiro atoms. The molecule has 2 radical (unpaired) electrons. The zero-order valence-electron chi connectivity index (χ0n) is 15.4. The number of H-pyrrole nitrogens is 1. The lowest BCUT2D eigenvalue weighted by atomic mass is 9.95. The summed E-state index contributed by atoms with van der Waals surface area (Å²) in [4.78, 5) is 23.2. The second-order valence-electron chi connectivity index (χ2n) is 6.18. The van der Waals surface area contributed by atoms with Gasteiger partial charge >= 0.3 is 0 Å². The van der Waals surface area contributed by atoms with Crippen molar-refractivity contribution in [2.45, 2.75) is 0 Å². The van der Waals surface area contributed by atoms with Crippen LogP contribution in [0.15, 0.2) is 54.7 Å². The molecule has 0 atom stereocenters. The van der Waals surface area contributed by atoms with Crippen LogP contribution in [0.1, 0.15) is 10.5 Å². The van der Waals surface area contributed by atoms with Gasteiger partial charge in [0.05, 0.1) is 11.0 Å². The molecule has 0 unspecified atom stereocenters. The molecular formula is C20H15BFN5O2. The Kier molecular flexibility index (Phi) is 4.86. The average molecular weight is 387 g/mol. The molecule has 0 aliphatic rings. The molecule has 4 rings (SSSR count). The lowest BCUT2D eigenvalue weighted by molar-refractivity contribution is 0.0958. The van der Waals surface area contributed by atoms with Crippen molar-refractivity contribution in [2.24, 2.45) is 0 Å². The Bertz CT molecular complexity index is 1210. The molecule has 2 heterocycles. The maximum Gasteiger partial charge on any atom is 0.269 e. The Balaban J connectivity index is 1.55. The van der Waals surface area contributed by atoms with E-state index in [1.807, 2.05) is 0 Å². The predicted molar refractivity (Wildman–Crippen MR) is 109 cm³/mol. The number of amides is 1.